The summed E-state index contributed by atoms with van der Waals surface area (Å²) in [4.78, 5) is 13.0. The molecule has 0 aromatic heterocycles. The molecule has 2 atom stereocenters. The first-order valence-corrected chi connectivity index (χ1v) is 9.51. The van der Waals surface area contributed by atoms with Crippen LogP contribution < -0.4 is 10.6 Å². The van der Waals surface area contributed by atoms with Gasteiger partial charge < -0.3 is 20.1 Å². The van der Waals surface area contributed by atoms with Gasteiger partial charge in [-0.2, -0.15) is 0 Å². The van der Waals surface area contributed by atoms with Gasteiger partial charge in [0.05, 0.1) is 25.2 Å². The van der Waals surface area contributed by atoms with E-state index in [1.165, 1.54) is 6.42 Å². The zero-order valence-electron chi connectivity index (χ0n) is 15.2. The number of anilines is 1. The number of benzene rings is 1. The highest BCUT2D eigenvalue weighted by atomic mass is 16.5. The van der Waals surface area contributed by atoms with Crippen LogP contribution in [0.15, 0.2) is 24.3 Å². The van der Waals surface area contributed by atoms with E-state index in [9.17, 15) is 4.79 Å². The second-order valence-corrected chi connectivity index (χ2v) is 7.13. The predicted octanol–water partition coefficient (Wildman–Crippen LogP) is 2.96. The molecule has 1 aromatic carbocycles. The van der Waals surface area contributed by atoms with Crippen molar-refractivity contribution in [1.82, 2.24) is 5.32 Å². The standard InChI is InChI=1S/C20H30N2O3/c1-2-24-10-11-25-14-16-6-5-8-18(12-16)22-19(23)20-9-4-3-7-17(20)13-21-15-20/h5-6,8,12,17,21H,2-4,7,9-11,13-15H2,1H3,(H,22,23)/t17-,20+/m0/s1. The number of amides is 1. The molecule has 0 radical (unpaired) electrons. The average molecular weight is 346 g/mol. The molecule has 1 aliphatic carbocycles. The van der Waals surface area contributed by atoms with Crippen molar-refractivity contribution in [1.29, 1.82) is 0 Å². The number of hydrogen-bond acceptors (Lipinski definition) is 4. The molecule has 3 rings (SSSR count). The summed E-state index contributed by atoms with van der Waals surface area (Å²) in [7, 11) is 0. The van der Waals surface area contributed by atoms with Crippen molar-refractivity contribution in [3.05, 3.63) is 29.8 Å². The van der Waals surface area contributed by atoms with Gasteiger partial charge in [0.25, 0.3) is 0 Å². The molecule has 2 fully saturated rings. The Balaban J connectivity index is 1.57. The monoisotopic (exact) mass is 346 g/mol. The van der Waals surface area contributed by atoms with E-state index in [2.05, 4.69) is 10.6 Å². The molecule has 1 aromatic rings. The van der Waals surface area contributed by atoms with Crippen molar-refractivity contribution in [3.63, 3.8) is 0 Å². The normalized spacial score (nSPS) is 25.6. The van der Waals surface area contributed by atoms with Gasteiger partial charge in [-0.25, -0.2) is 0 Å². The molecule has 1 saturated heterocycles. The van der Waals surface area contributed by atoms with E-state index in [0.29, 0.717) is 32.3 Å². The van der Waals surface area contributed by atoms with Gasteiger partial charge in [0, 0.05) is 18.8 Å². The number of carbonyl (C=O) groups excluding carboxylic acids is 1. The number of ether oxygens (including phenoxy) is 2. The topological polar surface area (TPSA) is 59.6 Å². The number of nitrogens with one attached hydrogen (secondary N) is 2. The summed E-state index contributed by atoms with van der Waals surface area (Å²) in [5, 5.41) is 6.60. The lowest BCUT2D eigenvalue weighted by atomic mass is 9.67. The molecule has 5 heteroatoms. The molecule has 0 spiro atoms. The van der Waals surface area contributed by atoms with Gasteiger partial charge in [0.2, 0.25) is 5.91 Å². The summed E-state index contributed by atoms with van der Waals surface area (Å²) in [6.07, 6.45) is 4.56. The molecule has 5 nitrogen and oxygen atoms in total. The van der Waals surface area contributed by atoms with Crippen LogP contribution in [0.2, 0.25) is 0 Å². The third-order valence-corrected chi connectivity index (χ3v) is 5.52. The molecule has 1 saturated carbocycles. The summed E-state index contributed by atoms with van der Waals surface area (Å²) in [5.74, 6) is 0.656. The summed E-state index contributed by atoms with van der Waals surface area (Å²) in [6, 6.07) is 7.96. The quantitative estimate of drug-likeness (QED) is 0.711. The molecule has 138 valence electrons. The molecule has 2 N–H and O–H groups in total. The Morgan fingerprint density at radius 1 is 1.32 bits per heavy atom. The minimum absolute atomic E-state index is 0.177. The Labute approximate surface area is 150 Å². The Morgan fingerprint density at radius 2 is 2.20 bits per heavy atom. The Morgan fingerprint density at radius 3 is 3.08 bits per heavy atom. The van der Waals surface area contributed by atoms with E-state index < -0.39 is 0 Å². The lowest BCUT2D eigenvalue weighted by Crippen LogP contribution is -2.44. The SMILES string of the molecule is CCOCCOCc1cccc(NC(=O)[C@@]23CCCC[C@H]2CNC3)c1. The molecule has 2 aliphatic rings. The second kappa shape index (κ2) is 8.79. The number of fused-ring (bicyclic) bond motifs is 1. The summed E-state index contributed by atoms with van der Waals surface area (Å²) < 4.78 is 10.9. The van der Waals surface area contributed by atoms with Crippen molar-refractivity contribution in [2.75, 3.05) is 38.2 Å². The van der Waals surface area contributed by atoms with Crippen LogP contribution in [0.4, 0.5) is 5.69 Å². The molecule has 0 unspecified atom stereocenters. The lowest BCUT2D eigenvalue weighted by Gasteiger charge is -2.37. The third kappa shape index (κ3) is 4.40. The molecule has 1 heterocycles. The van der Waals surface area contributed by atoms with E-state index >= 15 is 0 Å². The van der Waals surface area contributed by atoms with E-state index in [0.717, 1.165) is 43.6 Å². The molecular formula is C20H30N2O3. The fourth-order valence-corrected chi connectivity index (χ4v) is 4.14. The molecular weight excluding hydrogens is 316 g/mol. The van der Waals surface area contributed by atoms with Crippen LogP contribution in [0.25, 0.3) is 0 Å². The zero-order chi connectivity index (χ0) is 17.5. The predicted molar refractivity (Wildman–Crippen MR) is 98.5 cm³/mol. The lowest BCUT2D eigenvalue weighted by molar-refractivity contribution is -0.128. The maximum Gasteiger partial charge on any atom is 0.232 e. The maximum atomic E-state index is 13.0. The molecule has 1 aliphatic heterocycles. The highest BCUT2D eigenvalue weighted by Gasteiger charge is 2.49. The highest BCUT2D eigenvalue weighted by molar-refractivity contribution is 5.96. The Kier molecular flexibility index (Phi) is 6.45. The maximum absolute atomic E-state index is 13.0. The molecule has 25 heavy (non-hydrogen) atoms. The van der Waals surface area contributed by atoms with Gasteiger partial charge in [0.15, 0.2) is 0 Å². The van der Waals surface area contributed by atoms with Gasteiger partial charge >= 0.3 is 0 Å². The van der Waals surface area contributed by atoms with E-state index in [-0.39, 0.29) is 11.3 Å². The Hall–Kier alpha value is -1.43. The first-order valence-electron chi connectivity index (χ1n) is 9.51. The van der Waals surface area contributed by atoms with Crippen LogP contribution in [-0.4, -0.2) is 38.8 Å². The van der Waals surface area contributed by atoms with Crippen LogP contribution in [-0.2, 0) is 20.9 Å². The zero-order valence-corrected chi connectivity index (χ0v) is 15.2. The van der Waals surface area contributed by atoms with Crippen LogP contribution in [0, 0.1) is 11.3 Å². The van der Waals surface area contributed by atoms with E-state index in [1.54, 1.807) is 0 Å². The highest BCUT2D eigenvalue weighted by Crippen LogP contribution is 2.44. The van der Waals surface area contributed by atoms with E-state index in [4.69, 9.17) is 9.47 Å². The molecule has 1 amide bonds. The summed E-state index contributed by atoms with van der Waals surface area (Å²) in [6.45, 7) is 6.20. The first kappa shape index (κ1) is 18.4. The fourth-order valence-electron chi connectivity index (χ4n) is 4.14. The van der Waals surface area contributed by atoms with Gasteiger partial charge in [0.1, 0.15) is 0 Å². The van der Waals surface area contributed by atoms with E-state index in [1.807, 2.05) is 31.2 Å². The van der Waals surface area contributed by atoms with Crippen molar-refractivity contribution >= 4 is 11.6 Å². The third-order valence-electron chi connectivity index (χ3n) is 5.52. The van der Waals surface area contributed by atoms with Gasteiger partial charge in [-0.05, 0) is 49.9 Å². The van der Waals surface area contributed by atoms with Crippen molar-refractivity contribution in [2.24, 2.45) is 11.3 Å². The van der Waals surface area contributed by atoms with Crippen LogP contribution in [0.3, 0.4) is 0 Å². The van der Waals surface area contributed by atoms with Crippen molar-refractivity contribution in [2.45, 2.75) is 39.2 Å². The number of carbonyl (C=O) groups is 1. The smallest absolute Gasteiger partial charge is 0.232 e. The Bertz CT molecular complexity index is 578. The van der Waals surface area contributed by atoms with Crippen LogP contribution in [0.1, 0.15) is 38.2 Å². The van der Waals surface area contributed by atoms with Gasteiger partial charge in [-0.15, -0.1) is 0 Å². The van der Waals surface area contributed by atoms with Crippen molar-refractivity contribution in [3.8, 4) is 0 Å². The summed E-state index contributed by atoms with van der Waals surface area (Å²) >= 11 is 0. The minimum Gasteiger partial charge on any atom is -0.379 e. The van der Waals surface area contributed by atoms with Crippen LogP contribution in [0.5, 0.6) is 0 Å². The number of rotatable bonds is 8. The van der Waals surface area contributed by atoms with Gasteiger partial charge in [-0.1, -0.05) is 25.0 Å². The largest absolute Gasteiger partial charge is 0.379 e. The van der Waals surface area contributed by atoms with Gasteiger partial charge in [-0.3, -0.25) is 4.79 Å². The van der Waals surface area contributed by atoms with Crippen molar-refractivity contribution < 1.29 is 14.3 Å². The fraction of sp³-hybridized carbons (Fsp3) is 0.650. The number of hydrogen-bond donors (Lipinski definition) is 2. The second-order valence-electron chi connectivity index (χ2n) is 7.13. The van der Waals surface area contributed by atoms with Crippen LogP contribution >= 0.6 is 0 Å². The molecule has 0 bridgehead atoms. The average Bonchev–Trinajstić information content (AvgIpc) is 3.07. The first-order chi connectivity index (χ1) is 12.2. The minimum atomic E-state index is -0.220. The summed E-state index contributed by atoms with van der Waals surface area (Å²) in [5.41, 5.74) is 1.71.